The van der Waals surface area contributed by atoms with Crippen LogP contribution in [0.1, 0.15) is 32.6 Å². The molecule has 2 aliphatic rings. The molecule has 0 radical (unpaired) electrons. The number of thiocarbonyl (C=S) groups is 1. The molecule has 2 aliphatic heterocycles. The van der Waals surface area contributed by atoms with Gasteiger partial charge in [0.1, 0.15) is 0 Å². The summed E-state index contributed by atoms with van der Waals surface area (Å²) in [5.74, 6) is 0.391. The fourth-order valence-corrected chi connectivity index (χ4v) is 5.37. The normalized spacial score (nSPS) is 25.1. The molecular formula is C14H25N3O4S2. The van der Waals surface area contributed by atoms with E-state index in [-0.39, 0.29) is 29.7 Å². The predicted octanol–water partition coefficient (Wildman–Crippen LogP) is 0.649. The lowest BCUT2D eigenvalue weighted by Gasteiger charge is -2.23. The highest BCUT2D eigenvalue weighted by molar-refractivity contribution is 7.91. The molecule has 1 amide bonds. The van der Waals surface area contributed by atoms with E-state index in [1.54, 1.807) is 6.92 Å². The van der Waals surface area contributed by atoms with Crippen LogP contribution >= 0.6 is 12.2 Å². The van der Waals surface area contributed by atoms with E-state index in [4.69, 9.17) is 17.0 Å². The van der Waals surface area contributed by atoms with Crippen molar-refractivity contribution in [3.05, 3.63) is 0 Å². The Morgan fingerprint density at radius 1 is 1.35 bits per heavy atom. The molecule has 2 N–H and O–H groups in total. The van der Waals surface area contributed by atoms with E-state index in [2.05, 4.69) is 10.6 Å². The van der Waals surface area contributed by atoms with Crippen LogP contribution < -0.4 is 10.6 Å². The fourth-order valence-electron chi connectivity index (χ4n) is 3.07. The highest BCUT2D eigenvalue weighted by Crippen LogP contribution is 2.24. The Morgan fingerprint density at radius 2 is 2.09 bits per heavy atom. The maximum atomic E-state index is 11.7. The number of hydrogen-bond donors (Lipinski definition) is 2. The van der Waals surface area contributed by atoms with Gasteiger partial charge < -0.3 is 20.3 Å². The van der Waals surface area contributed by atoms with Crippen molar-refractivity contribution in [3.8, 4) is 0 Å². The van der Waals surface area contributed by atoms with Crippen LogP contribution in [-0.4, -0.2) is 67.8 Å². The summed E-state index contributed by atoms with van der Waals surface area (Å²) in [4.78, 5) is 13.1. The van der Waals surface area contributed by atoms with Crippen LogP contribution in [-0.2, 0) is 14.6 Å². The molecule has 2 rings (SSSR count). The first-order valence-electron chi connectivity index (χ1n) is 8.11. The lowest BCUT2D eigenvalue weighted by molar-refractivity contribution is 0.152. The number of hydrogen-bond acceptors (Lipinski definition) is 5. The van der Waals surface area contributed by atoms with Gasteiger partial charge in [-0.15, -0.1) is 0 Å². The first-order valence-corrected chi connectivity index (χ1v) is 10.3. The monoisotopic (exact) mass is 363 g/mol. The number of fused-ring (bicyclic) bond motifs is 1. The summed E-state index contributed by atoms with van der Waals surface area (Å²) in [5, 5.41) is 6.50. The third-order valence-electron chi connectivity index (χ3n) is 4.16. The number of ether oxygens (including phenoxy) is 1. The van der Waals surface area contributed by atoms with E-state index in [0.29, 0.717) is 18.3 Å². The second-order valence-corrected chi connectivity index (χ2v) is 8.50. The summed E-state index contributed by atoms with van der Waals surface area (Å²) < 4.78 is 28.2. The molecule has 2 fully saturated rings. The topological polar surface area (TPSA) is 87.7 Å². The summed E-state index contributed by atoms with van der Waals surface area (Å²) in [6, 6.07) is -0.0424. The molecule has 0 aromatic carbocycles. The second-order valence-electron chi connectivity index (χ2n) is 5.96. The number of carbonyl (C=O) groups excluding carboxylic acids is 1. The quantitative estimate of drug-likeness (QED) is 0.483. The highest BCUT2D eigenvalue weighted by atomic mass is 32.2. The van der Waals surface area contributed by atoms with Gasteiger partial charge in [0.2, 0.25) is 0 Å². The van der Waals surface area contributed by atoms with Gasteiger partial charge in [-0.2, -0.15) is 0 Å². The zero-order valence-electron chi connectivity index (χ0n) is 13.4. The highest BCUT2D eigenvalue weighted by Gasteiger charge is 2.46. The Bertz CT molecular complexity index is 538. The Balaban J connectivity index is 1.59. The molecule has 2 atom stereocenters. The van der Waals surface area contributed by atoms with E-state index in [0.717, 1.165) is 32.2 Å². The first-order chi connectivity index (χ1) is 10.9. The minimum atomic E-state index is -2.93. The number of rotatable bonds is 8. The van der Waals surface area contributed by atoms with E-state index >= 15 is 0 Å². The number of carbonyl (C=O) groups is 1. The molecule has 2 heterocycles. The number of amides is 1. The van der Waals surface area contributed by atoms with Crippen LogP contribution in [0.2, 0.25) is 0 Å². The maximum Gasteiger partial charge on any atom is 0.407 e. The van der Waals surface area contributed by atoms with Crippen molar-refractivity contribution in [1.29, 1.82) is 0 Å². The number of nitrogens with one attached hydrogen (secondary N) is 2. The van der Waals surface area contributed by atoms with Crippen LogP contribution in [0.15, 0.2) is 0 Å². The Labute approximate surface area is 143 Å². The summed E-state index contributed by atoms with van der Waals surface area (Å²) >= 11 is 5.30. The number of alkyl carbamates (subject to hydrolysis) is 1. The van der Waals surface area contributed by atoms with Crippen molar-refractivity contribution in [3.63, 3.8) is 0 Å². The summed E-state index contributed by atoms with van der Waals surface area (Å²) in [7, 11) is -2.93. The van der Waals surface area contributed by atoms with Crippen LogP contribution in [0.4, 0.5) is 4.79 Å². The second kappa shape index (κ2) is 8.14. The van der Waals surface area contributed by atoms with Gasteiger partial charge in [0.25, 0.3) is 0 Å². The molecule has 7 nitrogen and oxygen atoms in total. The average Bonchev–Trinajstić information content (AvgIpc) is 2.89. The molecular weight excluding hydrogens is 338 g/mol. The SMILES string of the molecule is CCOC(=O)NCCCCCCN1C(=S)N[C@H]2CS(=O)(=O)C[C@@H]21. The molecule has 0 saturated carbocycles. The maximum absolute atomic E-state index is 11.7. The van der Waals surface area contributed by atoms with Crippen LogP contribution in [0.3, 0.4) is 0 Å². The summed E-state index contributed by atoms with van der Waals surface area (Å²) in [5.41, 5.74) is 0. The van der Waals surface area contributed by atoms with Gasteiger partial charge >= 0.3 is 6.09 Å². The molecule has 132 valence electrons. The molecule has 9 heteroatoms. The Hall–Kier alpha value is -1.09. The standard InChI is InChI=1S/C14H25N3O4S2/c1-2-21-14(18)15-7-5-3-4-6-8-17-12-10-23(19,20)9-11(12)16-13(17)22/h11-12H,2-10H2,1H3,(H,15,18)(H,16,22)/t11-,12-/m0/s1. The largest absolute Gasteiger partial charge is 0.450 e. The minimum Gasteiger partial charge on any atom is -0.450 e. The number of unbranched alkanes of at least 4 members (excludes halogenated alkanes) is 3. The number of nitrogens with zero attached hydrogens (tertiary/aromatic N) is 1. The van der Waals surface area contributed by atoms with Gasteiger partial charge in [0.05, 0.1) is 30.2 Å². The molecule has 0 aromatic heterocycles. The van der Waals surface area contributed by atoms with Crippen LogP contribution in [0.5, 0.6) is 0 Å². The Kier molecular flexibility index (Phi) is 6.46. The van der Waals surface area contributed by atoms with Crippen molar-refractivity contribution in [2.45, 2.75) is 44.7 Å². The van der Waals surface area contributed by atoms with E-state index in [1.165, 1.54) is 0 Å². The zero-order chi connectivity index (χ0) is 16.9. The van der Waals surface area contributed by atoms with Crippen LogP contribution in [0.25, 0.3) is 0 Å². The third kappa shape index (κ3) is 5.20. The third-order valence-corrected chi connectivity index (χ3v) is 6.23. The van der Waals surface area contributed by atoms with Gasteiger partial charge in [-0.05, 0) is 32.0 Å². The zero-order valence-corrected chi connectivity index (χ0v) is 15.0. The van der Waals surface area contributed by atoms with E-state index in [1.807, 2.05) is 4.90 Å². The van der Waals surface area contributed by atoms with E-state index < -0.39 is 9.84 Å². The number of sulfone groups is 1. The first kappa shape index (κ1) is 18.3. The molecule has 0 bridgehead atoms. The lowest BCUT2D eigenvalue weighted by atomic mass is 10.1. The van der Waals surface area contributed by atoms with Gasteiger partial charge in [-0.1, -0.05) is 12.8 Å². The summed E-state index contributed by atoms with van der Waals surface area (Å²) in [6.45, 7) is 3.56. The molecule has 0 aromatic rings. The molecule has 23 heavy (non-hydrogen) atoms. The van der Waals surface area contributed by atoms with Crippen molar-refractivity contribution < 1.29 is 17.9 Å². The van der Waals surface area contributed by atoms with Crippen molar-refractivity contribution in [2.75, 3.05) is 31.2 Å². The van der Waals surface area contributed by atoms with Crippen LogP contribution in [0, 0.1) is 0 Å². The lowest BCUT2D eigenvalue weighted by Crippen LogP contribution is -2.37. The molecule has 0 aliphatic carbocycles. The predicted molar refractivity (Wildman–Crippen MR) is 92.2 cm³/mol. The van der Waals surface area contributed by atoms with E-state index in [9.17, 15) is 13.2 Å². The molecule has 0 spiro atoms. The Morgan fingerprint density at radius 3 is 2.83 bits per heavy atom. The molecule has 0 unspecified atom stereocenters. The van der Waals surface area contributed by atoms with Gasteiger partial charge in [-0.3, -0.25) is 0 Å². The van der Waals surface area contributed by atoms with Gasteiger partial charge in [-0.25, -0.2) is 13.2 Å². The van der Waals surface area contributed by atoms with Crippen molar-refractivity contribution in [1.82, 2.24) is 15.5 Å². The average molecular weight is 364 g/mol. The van der Waals surface area contributed by atoms with Crippen molar-refractivity contribution >= 4 is 33.3 Å². The van der Waals surface area contributed by atoms with Gasteiger partial charge in [0.15, 0.2) is 14.9 Å². The minimum absolute atomic E-state index is 0.00187. The summed E-state index contributed by atoms with van der Waals surface area (Å²) in [6.07, 6.45) is 3.53. The smallest absolute Gasteiger partial charge is 0.407 e. The van der Waals surface area contributed by atoms with Crippen molar-refractivity contribution in [2.24, 2.45) is 0 Å². The fraction of sp³-hybridized carbons (Fsp3) is 0.857. The molecule has 2 saturated heterocycles. The van der Waals surface area contributed by atoms with Gasteiger partial charge in [0, 0.05) is 13.1 Å².